The standard InChI is InChI=1S/C14H15FN2O3/c1-8-9-2-3-10(17-4-6-20-7-5-17)11(15)13(9)16-12(8)14(18)19/h2-3,16H,4-7H2,1H3,(H,18,19). The van der Waals surface area contributed by atoms with Crippen LogP contribution in [-0.4, -0.2) is 42.4 Å². The summed E-state index contributed by atoms with van der Waals surface area (Å²) < 4.78 is 19.9. The minimum absolute atomic E-state index is 0.0398. The van der Waals surface area contributed by atoms with Gasteiger partial charge in [0.05, 0.1) is 24.4 Å². The van der Waals surface area contributed by atoms with Crippen molar-refractivity contribution in [1.82, 2.24) is 4.98 Å². The number of carboxylic acid groups (broad SMARTS) is 1. The lowest BCUT2D eigenvalue weighted by Gasteiger charge is -2.29. The highest BCUT2D eigenvalue weighted by molar-refractivity contribution is 5.98. The number of aryl methyl sites for hydroxylation is 1. The number of fused-ring (bicyclic) bond motifs is 1. The van der Waals surface area contributed by atoms with E-state index in [-0.39, 0.29) is 11.2 Å². The van der Waals surface area contributed by atoms with Crippen molar-refractivity contribution in [3.63, 3.8) is 0 Å². The topological polar surface area (TPSA) is 65.6 Å². The number of aromatic amines is 1. The molecule has 0 amide bonds. The van der Waals surface area contributed by atoms with Gasteiger partial charge in [-0.15, -0.1) is 0 Å². The van der Waals surface area contributed by atoms with Crippen molar-refractivity contribution in [1.29, 1.82) is 0 Å². The van der Waals surface area contributed by atoms with Gasteiger partial charge in [-0.05, 0) is 18.6 Å². The Morgan fingerprint density at radius 1 is 1.40 bits per heavy atom. The number of benzene rings is 1. The number of hydrogen-bond donors (Lipinski definition) is 2. The zero-order valence-corrected chi connectivity index (χ0v) is 11.1. The number of nitrogens with one attached hydrogen (secondary N) is 1. The predicted octanol–water partition coefficient (Wildman–Crippen LogP) is 2.15. The van der Waals surface area contributed by atoms with Crippen LogP contribution in [0.5, 0.6) is 0 Å². The number of nitrogens with zero attached hydrogens (tertiary/aromatic N) is 1. The SMILES string of the molecule is Cc1c(C(=O)O)[nH]c2c(F)c(N3CCOCC3)ccc12. The average Bonchev–Trinajstić information content (AvgIpc) is 2.79. The summed E-state index contributed by atoms with van der Waals surface area (Å²) in [5.41, 5.74) is 1.33. The fraction of sp³-hybridized carbons (Fsp3) is 0.357. The van der Waals surface area contributed by atoms with E-state index in [1.165, 1.54) is 0 Å². The molecule has 6 heteroatoms. The molecule has 20 heavy (non-hydrogen) atoms. The summed E-state index contributed by atoms with van der Waals surface area (Å²) in [6, 6.07) is 3.47. The fourth-order valence-electron chi connectivity index (χ4n) is 2.62. The monoisotopic (exact) mass is 278 g/mol. The first kappa shape index (κ1) is 12.9. The Morgan fingerprint density at radius 3 is 2.75 bits per heavy atom. The molecule has 0 aliphatic carbocycles. The molecule has 1 aliphatic heterocycles. The summed E-state index contributed by atoms with van der Waals surface area (Å²) in [7, 11) is 0. The van der Waals surface area contributed by atoms with Gasteiger partial charge in [0.2, 0.25) is 0 Å². The van der Waals surface area contributed by atoms with E-state index in [4.69, 9.17) is 9.84 Å². The molecule has 0 radical (unpaired) electrons. The summed E-state index contributed by atoms with van der Waals surface area (Å²) in [5, 5.41) is 9.70. The summed E-state index contributed by atoms with van der Waals surface area (Å²) >= 11 is 0. The lowest BCUT2D eigenvalue weighted by molar-refractivity contribution is 0.0690. The molecule has 1 aromatic carbocycles. The third-order valence-corrected chi connectivity index (χ3v) is 3.72. The number of aromatic nitrogens is 1. The number of carboxylic acids is 1. The molecule has 5 nitrogen and oxygen atoms in total. The zero-order valence-electron chi connectivity index (χ0n) is 11.1. The quantitative estimate of drug-likeness (QED) is 0.883. The van der Waals surface area contributed by atoms with Gasteiger partial charge in [0, 0.05) is 18.5 Å². The maximum absolute atomic E-state index is 14.6. The van der Waals surface area contributed by atoms with Crippen molar-refractivity contribution in [2.45, 2.75) is 6.92 Å². The minimum atomic E-state index is -1.08. The van der Waals surface area contributed by atoms with Crippen molar-refractivity contribution in [3.8, 4) is 0 Å². The minimum Gasteiger partial charge on any atom is -0.477 e. The first-order valence-electron chi connectivity index (χ1n) is 6.46. The molecular weight excluding hydrogens is 263 g/mol. The van der Waals surface area contributed by atoms with E-state index in [2.05, 4.69) is 4.98 Å². The van der Waals surface area contributed by atoms with E-state index in [0.29, 0.717) is 42.9 Å². The van der Waals surface area contributed by atoms with E-state index in [9.17, 15) is 9.18 Å². The van der Waals surface area contributed by atoms with Crippen molar-refractivity contribution < 1.29 is 19.0 Å². The van der Waals surface area contributed by atoms with E-state index in [1.807, 2.05) is 4.90 Å². The number of rotatable bonds is 2. The number of H-pyrrole nitrogens is 1. The largest absolute Gasteiger partial charge is 0.477 e. The molecule has 1 aromatic heterocycles. The predicted molar refractivity (Wildman–Crippen MR) is 73.0 cm³/mol. The Morgan fingerprint density at radius 2 is 2.10 bits per heavy atom. The van der Waals surface area contributed by atoms with Crippen LogP contribution >= 0.6 is 0 Å². The van der Waals surface area contributed by atoms with Gasteiger partial charge in [0.15, 0.2) is 5.82 Å². The van der Waals surface area contributed by atoms with Gasteiger partial charge >= 0.3 is 5.97 Å². The second-order valence-corrected chi connectivity index (χ2v) is 4.85. The molecule has 2 N–H and O–H groups in total. The van der Waals surface area contributed by atoms with Crippen LogP contribution < -0.4 is 4.90 Å². The van der Waals surface area contributed by atoms with Crippen LogP contribution in [0, 0.1) is 12.7 Å². The van der Waals surface area contributed by atoms with Gasteiger partial charge in [-0.3, -0.25) is 0 Å². The molecule has 2 aromatic rings. The van der Waals surface area contributed by atoms with Crippen molar-refractivity contribution in [2.24, 2.45) is 0 Å². The molecule has 1 fully saturated rings. The number of carbonyl (C=O) groups is 1. The lowest BCUT2D eigenvalue weighted by Crippen LogP contribution is -2.36. The highest BCUT2D eigenvalue weighted by atomic mass is 19.1. The van der Waals surface area contributed by atoms with Crippen LogP contribution in [0.1, 0.15) is 16.1 Å². The zero-order chi connectivity index (χ0) is 14.3. The molecule has 0 unspecified atom stereocenters. The first-order chi connectivity index (χ1) is 9.59. The molecule has 0 spiro atoms. The van der Waals surface area contributed by atoms with Crippen LogP contribution in [0.4, 0.5) is 10.1 Å². The number of halogens is 1. The molecule has 3 rings (SSSR count). The molecule has 0 atom stereocenters. The highest BCUT2D eigenvalue weighted by Gasteiger charge is 2.21. The highest BCUT2D eigenvalue weighted by Crippen LogP contribution is 2.30. The van der Waals surface area contributed by atoms with E-state index >= 15 is 0 Å². The third kappa shape index (κ3) is 1.92. The van der Waals surface area contributed by atoms with E-state index in [1.54, 1.807) is 19.1 Å². The van der Waals surface area contributed by atoms with Gasteiger partial charge in [-0.25, -0.2) is 9.18 Å². The normalized spacial score (nSPS) is 15.8. The van der Waals surface area contributed by atoms with Crippen molar-refractivity contribution in [3.05, 3.63) is 29.2 Å². The third-order valence-electron chi connectivity index (χ3n) is 3.72. The Kier molecular flexibility index (Phi) is 3.10. The van der Waals surface area contributed by atoms with Crippen LogP contribution in [0.25, 0.3) is 10.9 Å². The molecule has 1 saturated heterocycles. The van der Waals surface area contributed by atoms with Crippen LogP contribution in [-0.2, 0) is 4.74 Å². The van der Waals surface area contributed by atoms with Gasteiger partial charge in [0.1, 0.15) is 5.69 Å². The molecule has 2 heterocycles. The summed E-state index contributed by atoms with van der Waals surface area (Å²) in [6.07, 6.45) is 0. The number of aromatic carboxylic acids is 1. The van der Waals surface area contributed by atoms with Gasteiger partial charge in [-0.1, -0.05) is 6.07 Å². The summed E-state index contributed by atoms with van der Waals surface area (Å²) in [4.78, 5) is 15.7. The first-order valence-corrected chi connectivity index (χ1v) is 6.46. The summed E-state index contributed by atoms with van der Waals surface area (Å²) in [6.45, 7) is 4.08. The van der Waals surface area contributed by atoms with Crippen LogP contribution in [0.3, 0.4) is 0 Å². The van der Waals surface area contributed by atoms with Crippen molar-refractivity contribution in [2.75, 3.05) is 31.2 Å². The van der Waals surface area contributed by atoms with Crippen molar-refractivity contribution >= 4 is 22.6 Å². The average molecular weight is 278 g/mol. The molecule has 106 valence electrons. The molecule has 0 bridgehead atoms. The van der Waals surface area contributed by atoms with Crippen LogP contribution in [0.15, 0.2) is 12.1 Å². The maximum Gasteiger partial charge on any atom is 0.352 e. The second-order valence-electron chi connectivity index (χ2n) is 4.85. The molecular formula is C14H15FN2O3. The fourth-order valence-corrected chi connectivity index (χ4v) is 2.62. The summed E-state index contributed by atoms with van der Waals surface area (Å²) in [5.74, 6) is -1.48. The van der Waals surface area contributed by atoms with E-state index in [0.717, 1.165) is 0 Å². The Hall–Kier alpha value is -2.08. The smallest absolute Gasteiger partial charge is 0.352 e. The second kappa shape index (κ2) is 4.79. The number of morpholine rings is 1. The van der Waals surface area contributed by atoms with Gasteiger partial charge in [-0.2, -0.15) is 0 Å². The Balaban J connectivity index is 2.12. The van der Waals surface area contributed by atoms with E-state index < -0.39 is 11.8 Å². The number of anilines is 1. The van der Waals surface area contributed by atoms with Gasteiger partial charge < -0.3 is 19.7 Å². The molecule has 0 saturated carbocycles. The van der Waals surface area contributed by atoms with Crippen LogP contribution in [0.2, 0.25) is 0 Å². The maximum atomic E-state index is 14.6. The lowest BCUT2D eigenvalue weighted by atomic mass is 10.1. The number of hydrogen-bond acceptors (Lipinski definition) is 3. The van der Waals surface area contributed by atoms with Gasteiger partial charge in [0.25, 0.3) is 0 Å². The molecule has 1 aliphatic rings. The number of ether oxygens (including phenoxy) is 1. The Labute approximate surface area is 115 Å². The Bertz CT molecular complexity index is 675.